The third kappa shape index (κ3) is 2.60. The van der Waals surface area contributed by atoms with Crippen LogP contribution in [0.1, 0.15) is 12.6 Å². The van der Waals surface area contributed by atoms with Gasteiger partial charge < -0.3 is 5.43 Å². The molecule has 0 aliphatic rings. The molecule has 0 amide bonds. The van der Waals surface area contributed by atoms with Crippen LogP contribution in [-0.4, -0.2) is 9.97 Å². The van der Waals surface area contributed by atoms with E-state index in [1.165, 1.54) is 12.1 Å². The van der Waals surface area contributed by atoms with Crippen molar-refractivity contribution in [3.63, 3.8) is 0 Å². The molecular formula is C12H12F2N4. The molecule has 0 saturated heterocycles. The lowest BCUT2D eigenvalue weighted by molar-refractivity contribution is 0.584. The largest absolute Gasteiger partial charge is 0.308 e. The maximum absolute atomic E-state index is 13.1. The predicted molar refractivity (Wildman–Crippen MR) is 64.6 cm³/mol. The summed E-state index contributed by atoms with van der Waals surface area (Å²) in [7, 11) is 0. The Bertz CT molecular complexity index is 529. The van der Waals surface area contributed by atoms with Crippen LogP contribution in [0.2, 0.25) is 0 Å². The van der Waals surface area contributed by atoms with Gasteiger partial charge in [0.05, 0.1) is 0 Å². The normalized spacial score (nSPS) is 10.4. The zero-order valence-corrected chi connectivity index (χ0v) is 9.74. The molecule has 2 rings (SSSR count). The fraction of sp³-hybridized carbons (Fsp3) is 0.167. The summed E-state index contributed by atoms with van der Waals surface area (Å²) in [6, 6.07) is 4.84. The molecule has 0 atom stereocenters. The molecule has 1 aromatic carbocycles. The van der Waals surface area contributed by atoms with E-state index in [-0.39, 0.29) is 11.4 Å². The number of hydrogen-bond donors (Lipinski definition) is 2. The fourth-order valence-electron chi connectivity index (χ4n) is 1.56. The molecule has 0 radical (unpaired) electrons. The summed E-state index contributed by atoms with van der Waals surface area (Å²) in [4.78, 5) is 8.28. The minimum Gasteiger partial charge on any atom is -0.308 e. The number of aromatic nitrogens is 2. The second-order valence-electron chi connectivity index (χ2n) is 3.72. The van der Waals surface area contributed by atoms with E-state index in [1.807, 2.05) is 6.92 Å². The Morgan fingerprint density at radius 2 is 1.78 bits per heavy atom. The Morgan fingerprint density at radius 1 is 1.11 bits per heavy atom. The van der Waals surface area contributed by atoms with Crippen LogP contribution in [0.4, 0.5) is 14.6 Å². The van der Waals surface area contributed by atoms with E-state index in [0.29, 0.717) is 12.2 Å². The maximum Gasteiger partial charge on any atom is 0.162 e. The Kier molecular flexibility index (Phi) is 3.47. The van der Waals surface area contributed by atoms with Crippen LogP contribution < -0.4 is 11.3 Å². The number of rotatable bonds is 3. The molecule has 0 saturated carbocycles. The van der Waals surface area contributed by atoms with Crippen molar-refractivity contribution in [1.29, 1.82) is 0 Å². The van der Waals surface area contributed by atoms with Gasteiger partial charge in [0, 0.05) is 23.4 Å². The number of halogens is 2. The number of nitrogen functional groups attached to an aromatic ring is 1. The number of anilines is 1. The quantitative estimate of drug-likeness (QED) is 0.648. The molecule has 0 bridgehead atoms. The van der Waals surface area contributed by atoms with Gasteiger partial charge in [0.2, 0.25) is 0 Å². The van der Waals surface area contributed by atoms with Crippen molar-refractivity contribution in [2.75, 3.05) is 5.43 Å². The highest BCUT2D eigenvalue weighted by molar-refractivity contribution is 5.57. The van der Waals surface area contributed by atoms with Crippen molar-refractivity contribution in [2.24, 2.45) is 5.84 Å². The summed E-state index contributed by atoms with van der Waals surface area (Å²) in [6.07, 6.45) is 0.669. The first-order valence-corrected chi connectivity index (χ1v) is 5.43. The molecule has 2 aromatic rings. The summed E-state index contributed by atoms with van der Waals surface area (Å²) in [5.41, 5.74) is 3.41. The summed E-state index contributed by atoms with van der Waals surface area (Å²) in [6.45, 7) is 1.92. The highest BCUT2D eigenvalue weighted by Crippen LogP contribution is 2.20. The number of hydrazine groups is 1. The van der Waals surface area contributed by atoms with Gasteiger partial charge in [-0.2, -0.15) is 0 Å². The lowest BCUT2D eigenvalue weighted by Gasteiger charge is -2.07. The third-order valence-electron chi connectivity index (χ3n) is 2.41. The molecule has 1 aromatic heterocycles. The Hall–Kier alpha value is -2.08. The number of nitrogens with zero attached hydrogens (tertiary/aromatic N) is 2. The number of hydrogen-bond acceptors (Lipinski definition) is 4. The lowest BCUT2D eigenvalue weighted by Crippen LogP contribution is -2.10. The van der Waals surface area contributed by atoms with E-state index in [1.54, 1.807) is 6.07 Å². The molecule has 0 fully saturated rings. The van der Waals surface area contributed by atoms with Crippen LogP contribution in [0.3, 0.4) is 0 Å². The van der Waals surface area contributed by atoms with Gasteiger partial charge in [0.1, 0.15) is 17.5 Å². The predicted octanol–water partition coefficient (Wildman–Crippen LogP) is 2.27. The molecule has 0 aliphatic heterocycles. The summed E-state index contributed by atoms with van der Waals surface area (Å²) < 4.78 is 26.3. The zero-order chi connectivity index (χ0) is 13.1. The van der Waals surface area contributed by atoms with Gasteiger partial charge in [-0.3, -0.25) is 0 Å². The second kappa shape index (κ2) is 5.05. The maximum atomic E-state index is 13.1. The van der Waals surface area contributed by atoms with E-state index >= 15 is 0 Å². The van der Waals surface area contributed by atoms with Gasteiger partial charge in [-0.15, -0.1) is 0 Å². The second-order valence-corrected chi connectivity index (χ2v) is 3.72. The average molecular weight is 250 g/mol. The van der Waals surface area contributed by atoms with Crippen molar-refractivity contribution in [1.82, 2.24) is 9.97 Å². The first-order valence-electron chi connectivity index (χ1n) is 5.43. The van der Waals surface area contributed by atoms with Crippen molar-refractivity contribution in [3.05, 3.63) is 41.6 Å². The number of benzene rings is 1. The van der Waals surface area contributed by atoms with Gasteiger partial charge in [-0.05, 0) is 18.6 Å². The van der Waals surface area contributed by atoms with E-state index in [2.05, 4.69) is 15.4 Å². The van der Waals surface area contributed by atoms with Crippen molar-refractivity contribution >= 4 is 5.82 Å². The number of nitrogens with two attached hydrogens (primary N) is 1. The third-order valence-corrected chi connectivity index (χ3v) is 2.41. The molecule has 18 heavy (non-hydrogen) atoms. The van der Waals surface area contributed by atoms with Gasteiger partial charge in [-0.1, -0.05) is 6.92 Å². The Morgan fingerprint density at radius 3 is 2.33 bits per heavy atom. The van der Waals surface area contributed by atoms with Crippen molar-refractivity contribution in [3.8, 4) is 11.4 Å². The molecule has 1 heterocycles. The van der Waals surface area contributed by atoms with Crippen LogP contribution in [-0.2, 0) is 6.42 Å². The minimum atomic E-state index is -0.669. The highest BCUT2D eigenvalue weighted by atomic mass is 19.1. The molecule has 4 nitrogen and oxygen atoms in total. The number of nitrogens with one attached hydrogen (secondary N) is 1. The molecule has 0 spiro atoms. The van der Waals surface area contributed by atoms with Crippen molar-refractivity contribution in [2.45, 2.75) is 13.3 Å². The number of aryl methyl sites for hydroxylation is 1. The monoisotopic (exact) mass is 250 g/mol. The van der Waals surface area contributed by atoms with Gasteiger partial charge in [-0.25, -0.2) is 24.6 Å². The Balaban J connectivity index is 2.55. The first kappa shape index (κ1) is 12.4. The lowest BCUT2D eigenvalue weighted by atomic mass is 10.2. The fourth-order valence-corrected chi connectivity index (χ4v) is 1.56. The van der Waals surface area contributed by atoms with E-state index in [4.69, 9.17) is 5.84 Å². The van der Waals surface area contributed by atoms with Gasteiger partial charge in [0.25, 0.3) is 0 Å². The molecule has 0 aliphatic carbocycles. The average Bonchev–Trinajstić information content (AvgIpc) is 2.37. The summed E-state index contributed by atoms with van der Waals surface area (Å²) in [5.74, 6) is 4.60. The standard InChI is InChI=1S/C12H12F2N4/c1-2-10-6-11(18-15)17-12(16-10)7-3-8(13)5-9(14)4-7/h3-6H,2,15H2,1H3,(H,16,17,18). The first-order chi connectivity index (χ1) is 8.62. The van der Waals surface area contributed by atoms with Crippen molar-refractivity contribution < 1.29 is 8.78 Å². The van der Waals surface area contributed by atoms with Crippen LogP contribution in [0, 0.1) is 11.6 Å². The SMILES string of the molecule is CCc1cc(NN)nc(-c2cc(F)cc(F)c2)n1. The van der Waals surface area contributed by atoms with E-state index in [9.17, 15) is 8.78 Å². The molecule has 94 valence electrons. The minimum absolute atomic E-state index is 0.237. The van der Waals surface area contributed by atoms with Crippen LogP contribution in [0.15, 0.2) is 24.3 Å². The topological polar surface area (TPSA) is 63.8 Å². The molecule has 3 N–H and O–H groups in total. The zero-order valence-electron chi connectivity index (χ0n) is 9.74. The van der Waals surface area contributed by atoms with Crippen LogP contribution >= 0.6 is 0 Å². The van der Waals surface area contributed by atoms with Gasteiger partial charge in [0.15, 0.2) is 5.82 Å². The van der Waals surface area contributed by atoms with E-state index in [0.717, 1.165) is 11.8 Å². The molecule has 6 heteroatoms. The van der Waals surface area contributed by atoms with Gasteiger partial charge >= 0.3 is 0 Å². The summed E-state index contributed by atoms with van der Waals surface area (Å²) in [5, 5.41) is 0. The Labute approximate surface area is 103 Å². The summed E-state index contributed by atoms with van der Waals surface area (Å²) >= 11 is 0. The molecule has 0 unspecified atom stereocenters. The smallest absolute Gasteiger partial charge is 0.162 e. The highest BCUT2D eigenvalue weighted by Gasteiger charge is 2.08. The van der Waals surface area contributed by atoms with Crippen LogP contribution in [0.5, 0.6) is 0 Å². The molecular weight excluding hydrogens is 238 g/mol. The van der Waals surface area contributed by atoms with E-state index < -0.39 is 11.6 Å². The van der Waals surface area contributed by atoms with Crippen LogP contribution in [0.25, 0.3) is 11.4 Å².